The van der Waals surface area contributed by atoms with Gasteiger partial charge >= 0.3 is 6.03 Å². The number of carbonyl (C=O) groups is 1. The molecule has 1 heterocycles. The molecule has 2 rings (SSSR count). The number of hydrogen-bond acceptors (Lipinski definition) is 2. The predicted molar refractivity (Wildman–Crippen MR) is 72.0 cm³/mol. The summed E-state index contributed by atoms with van der Waals surface area (Å²) in [5, 5.41) is 9.15. The van der Waals surface area contributed by atoms with Gasteiger partial charge in [-0.05, 0) is 25.1 Å². The summed E-state index contributed by atoms with van der Waals surface area (Å²) in [6, 6.07) is 5.15. The molecule has 1 aromatic carbocycles. The molecule has 5 nitrogen and oxygen atoms in total. The van der Waals surface area contributed by atoms with Crippen molar-refractivity contribution in [2.24, 2.45) is 0 Å². The average molecular weight is 283 g/mol. The highest BCUT2D eigenvalue weighted by Gasteiger charge is 2.06. The Labute approximate surface area is 114 Å². The summed E-state index contributed by atoms with van der Waals surface area (Å²) in [4.78, 5) is 11.7. The Kier molecular flexibility index (Phi) is 4.01. The largest absolute Gasteiger partial charge is 0.324 e. The van der Waals surface area contributed by atoms with Crippen molar-refractivity contribution in [3.63, 3.8) is 0 Å². The van der Waals surface area contributed by atoms with Crippen molar-refractivity contribution in [2.75, 3.05) is 10.6 Å². The third-order valence-electron chi connectivity index (χ3n) is 2.38. The number of aryl methyl sites for hydroxylation is 1. The van der Waals surface area contributed by atoms with Crippen LogP contribution in [0.4, 0.5) is 20.7 Å². The lowest BCUT2D eigenvalue weighted by Crippen LogP contribution is -2.19. The molecule has 0 unspecified atom stereocenters. The fourth-order valence-electron chi connectivity index (χ4n) is 1.46. The summed E-state index contributed by atoms with van der Waals surface area (Å²) in [5.74, 6) is -0.0955. The Bertz CT molecular complexity index is 599. The second kappa shape index (κ2) is 5.71. The quantitative estimate of drug-likeness (QED) is 0.907. The summed E-state index contributed by atoms with van der Waals surface area (Å²) < 4.78 is 14.6. The van der Waals surface area contributed by atoms with Gasteiger partial charge in [0, 0.05) is 24.5 Å². The third kappa shape index (κ3) is 3.45. The zero-order valence-electron chi connectivity index (χ0n) is 10.2. The highest BCUT2D eigenvalue weighted by molar-refractivity contribution is 6.31. The van der Waals surface area contributed by atoms with Crippen LogP contribution in [-0.4, -0.2) is 15.8 Å². The number of benzene rings is 1. The molecular formula is C12H12ClFN4O. The summed E-state index contributed by atoms with van der Waals surface area (Å²) in [6.45, 7) is 2.66. The van der Waals surface area contributed by atoms with Gasteiger partial charge in [-0.15, -0.1) is 0 Å². The van der Waals surface area contributed by atoms with Crippen molar-refractivity contribution in [1.82, 2.24) is 9.78 Å². The van der Waals surface area contributed by atoms with E-state index in [2.05, 4.69) is 15.7 Å². The van der Waals surface area contributed by atoms with Crippen molar-refractivity contribution >= 4 is 29.1 Å². The number of aromatic nitrogens is 2. The average Bonchev–Trinajstić information content (AvgIpc) is 2.81. The number of amides is 2. The molecule has 2 amide bonds. The van der Waals surface area contributed by atoms with Crippen LogP contribution in [0.3, 0.4) is 0 Å². The SMILES string of the molecule is CCn1ccc(NC(=O)Nc2ccc(F)c(Cl)c2)n1. The lowest BCUT2D eigenvalue weighted by Gasteiger charge is -2.06. The van der Waals surface area contributed by atoms with Crippen molar-refractivity contribution in [3.05, 3.63) is 41.3 Å². The number of rotatable bonds is 3. The first kappa shape index (κ1) is 13.4. The summed E-state index contributed by atoms with van der Waals surface area (Å²) in [6.07, 6.45) is 1.75. The smallest absolute Gasteiger partial charge is 0.308 e. The van der Waals surface area contributed by atoms with Gasteiger partial charge in [-0.3, -0.25) is 10.00 Å². The van der Waals surface area contributed by atoms with Crippen molar-refractivity contribution in [2.45, 2.75) is 13.5 Å². The Morgan fingerprint density at radius 3 is 2.84 bits per heavy atom. The number of urea groups is 1. The molecule has 0 fully saturated rings. The van der Waals surface area contributed by atoms with Crippen LogP contribution in [0.5, 0.6) is 0 Å². The zero-order valence-corrected chi connectivity index (χ0v) is 10.9. The number of halogens is 2. The normalized spacial score (nSPS) is 10.3. The maximum absolute atomic E-state index is 13.0. The van der Waals surface area contributed by atoms with E-state index in [1.165, 1.54) is 18.2 Å². The molecule has 0 atom stereocenters. The number of nitrogens with one attached hydrogen (secondary N) is 2. The molecule has 2 N–H and O–H groups in total. The van der Waals surface area contributed by atoms with E-state index in [1.54, 1.807) is 16.9 Å². The molecule has 100 valence electrons. The van der Waals surface area contributed by atoms with Gasteiger partial charge in [0.1, 0.15) is 5.82 Å². The minimum absolute atomic E-state index is 0.0481. The molecule has 0 saturated heterocycles. The molecule has 0 spiro atoms. The van der Waals surface area contributed by atoms with Gasteiger partial charge in [-0.1, -0.05) is 11.6 Å². The van der Waals surface area contributed by atoms with Crippen LogP contribution >= 0.6 is 11.6 Å². The Morgan fingerprint density at radius 2 is 2.21 bits per heavy atom. The maximum Gasteiger partial charge on any atom is 0.324 e. The molecule has 0 aliphatic rings. The molecular weight excluding hydrogens is 271 g/mol. The number of nitrogens with zero attached hydrogens (tertiary/aromatic N) is 2. The van der Waals surface area contributed by atoms with Crippen LogP contribution < -0.4 is 10.6 Å². The van der Waals surface area contributed by atoms with Gasteiger partial charge < -0.3 is 5.32 Å². The van der Waals surface area contributed by atoms with Crippen LogP contribution in [0.25, 0.3) is 0 Å². The lowest BCUT2D eigenvalue weighted by atomic mass is 10.3. The molecule has 0 bridgehead atoms. The van der Waals surface area contributed by atoms with E-state index in [0.29, 0.717) is 11.5 Å². The van der Waals surface area contributed by atoms with Crippen molar-refractivity contribution < 1.29 is 9.18 Å². The second-order valence-corrected chi connectivity index (χ2v) is 4.17. The van der Waals surface area contributed by atoms with Crippen LogP contribution in [0.15, 0.2) is 30.5 Å². The highest BCUT2D eigenvalue weighted by atomic mass is 35.5. The van der Waals surface area contributed by atoms with E-state index < -0.39 is 11.8 Å². The topological polar surface area (TPSA) is 59.0 Å². The molecule has 0 aliphatic carbocycles. The van der Waals surface area contributed by atoms with E-state index in [0.717, 1.165) is 6.54 Å². The first-order chi connectivity index (χ1) is 9.08. The summed E-state index contributed by atoms with van der Waals surface area (Å²) in [7, 11) is 0. The van der Waals surface area contributed by atoms with Gasteiger partial charge in [-0.2, -0.15) is 5.10 Å². The van der Waals surface area contributed by atoms with E-state index >= 15 is 0 Å². The fourth-order valence-corrected chi connectivity index (χ4v) is 1.64. The van der Waals surface area contributed by atoms with Crippen molar-refractivity contribution in [3.8, 4) is 0 Å². The maximum atomic E-state index is 13.0. The van der Waals surface area contributed by atoms with E-state index in [-0.39, 0.29) is 5.02 Å². The van der Waals surface area contributed by atoms with Gasteiger partial charge in [0.05, 0.1) is 5.02 Å². The van der Waals surface area contributed by atoms with Gasteiger partial charge in [0.25, 0.3) is 0 Å². The zero-order chi connectivity index (χ0) is 13.8. The Hall–Kier alpha value is -2.08. The second-order valence-electron chi connectivity index (χ2n) is 3.76. The van der Waals surface area contributed by atoms with E-state index in [9.17, 15) is 9.18 Å². The third-order valence-corrected chi connectivity index (χ3v) is 2.67. The van der Waals surface area contributed by atoms with Crippen LogP contribution in [0, 0.1) is 5.82 Å². The first-order valence-electron chi connectivity index (χ1n) is 5.65. The Morgan fingerprint density at radius 1 is 1.42 bits per heavy atom. The van der Waals surface area contributed by atoms with E-state index in [1.807, 2.05) is 6.92 Å². The van der Waals surface area contributed by atoms with Gasteiger partial charge in [0.15, 0.2) is 5.82 Å². The standard InChI is InChI=1S/C12H12ClFN4O/c1-2-18-6-5-11(17-18)16-12(19)15-8-3-4-10(14)9(13)7-8/h3-7H,2H2,1H3,(H2,15,16,17,19). The summed E-state index contributed by atoms with van der Waals surface area (Å²) >= 11 is 5.62. The molecule has 1 aromatic heterocycles. The monoisotopic (exact) mass is 282 g/mol. The molecule has 7 heteroatoms. The molecule has 2 aromatic rings. The number of hydrogen-bond donors (Lipinski definition) is 2. The van der Waals surface area contributed by atoms with Gasteiger partial charge in [-0.25, -0.2) is 9.18 Å². The minimum atomic E-state index is -0.533. The molecule has 0 radical (unpaired) electrons. The van der Waals surface area contributed by atoms with Crippen LogP contribution in [-0.2, 0) is 6.54 Å². The van der Waals surface area contributed by atoms with Crippen LogP contribution in [0.2, 0.25) is 5.02 Å². The van der Waals surface area contributed by atoms with Crippen LogP contribution in [0.1, 0.15) is 6.92 Å². The predicted octanol–water partition coefficient (Wildman–Crippen LogP) is 3.34. The fraction of sp³-hybridized carbons (Fsp3) is 0.167. The Balaban J connectivity index is 1.98. The molecule has 0 aliphatic heterocycles. The lowest BCUT2D eigenvalue weighted by molar-refractivity contribution is 0.262. The molecule has 0 saturated carbocycles. The number of anilines is 2. The van der Waals surface area contributed by atoms with Crippen molar-refractivity contribution in [1.29, 1.82) is 0 Å². The molecule has 19 heavy (non-hydrogen) atoms. The van der Waals surface area contributed by atoms with E-state index in [4.69, 9.17) is 11.6 Å². The first-order valence-corrected chi connectivity index (χ1v) is 6.03. The number of carbonyl (C=O) groups excluding carboxylic acids is 1. The highest BCUT2D eigenvalue weighted by Crippen LogP contribution is 2.19. The minimum Gasteiger partial charge on any atom is -0.308 e. The van der Waals surface area contributed by atoms with Gasteiger partial charge in [0.2, 0.25) is 0 Å². The summed E-state index contributed by atoms with van der Waals surface area (Å²) in [5.41, 5.74) is 0.402.